The number of rotatable bonds is 4. The Balaban J connectivity index is 2.98. The van der Waals surface area contributed by atoms with E-state index in [1.807, 2.05) is 20.8 Å². The summed E-state index contributed by atoms with van der Waals surface area (Å²) < 4.78 is 13.3. The van der Waals surface area contributed by atoms with E-state index in [1.54, 1.807) is 11.0 Å². The van der Waals surface area contributed by atoms with E-state index in [1.165, 1.54) is 12.1 Å². The van der Waals surface area contributed by atoms with Gasteiger partial charge in [0, 0.05) is 18.2 Å². The summed E-state index contributed by atoms with van der Waals surface area (Å²) in [7, 11) is 0. The molecule has 0 saturated heterocycles. The number of carbonyl (C=O) groups is 1. The molecule has 0 fully saturated rings. The number of nitrogens with two attached hydrogens (primary N) is 1. The summed E-state index contributed by atoms with van der Waals surface area (Å²) in [6.45, 7) is 6.52. The summed E-state index contributed by atoms with van der Waals surface area (Å²) in [6, 6.07) is 4.33. The van der Waals surface area contributed by atoms with Crippen LogP contribution < -0.4 is 5.73 Å². The average Bonchev–Trinajstić information content (AvgIpc) is 2.33. The molecule has 1 unspecified atom stereocenters. The van der Waals surface area contributed by atoms with Crippen molar-refractivity contribution in [1.29, 1.82) is 0 Å². The summed E-state index contributed by atoms with van der Waals surface area (Å²) in [5.41, 5.74) is 5.79. The summed E-state index contributed by atoms with van der Waals surface area (Å²) >= 11 is 0. The zero-order valence-electron chi connectivity index (χ0n) is 10.5. The molecule has 0 radical (unpaired) electrons. The summed E-state index contributed by atoms with van der Waals surface area (Å²) in [5.74, 6) is -0.697. The van der Waals surface area contributed by atoms with Gasteiger partial charge in [-0.2, -0.15) is 0 Å². The molecule has 1 rings (SSSR count). The van der Waals surface area contributed by atoms with Crippen LogP contribution in [0.2, 0.25) is 0 Å². The monoisotopic (exact) mass is 238 g/mol. The van der Waals surface area contributed by atoms with Gasteiger partial charge in [0.1, 0.15) is 5.82 Å². The molecule has 17 heavy (non-hydrogen) atoms. The van der Waals surface area contributed by atoms with Gasteiger partial charge < -0.3 is 10.6 Å². The molecule has 0 bridgehead atoms. The van der Waals surface area contributed by atoms with E-state index in [0.717, 1.165) is 6.42 Å². The van der Waals surface area contributed by atoms with Crippen LogP contribution in [0.1, 0.15) is 37.6 Å². The number of halogens is 1. The third-order valence-corrected chi connectivity index (χ3v) is 2.97. The second-order valence-electron chi connectivity index (χ2n) is 4.08. The predicted octanol–water partition coefficient (Wildman–Crippen LogP) is 2.67. The quantitative estimate of drug-likeness (QED) is 0.820. The maximum atomic E-state index is 13.3. The predicted molar refractivity (Wildman–Crippen MR) is 67.3 cm³/mol. The summed E-state index contributed by atoms with van der Waals surface area (Å²) in [6.07, 6.45) is 0.872. The van der Waals surface area contributed by atoms with E-state index in [-0.39, 0.29) is 17.6 Å². The van der Waals surface area contributed by atoms with Gasteiger partial charge in [-0.1, -0.05) is 6.92 Å². The highest BCUT2D eigenvalue weighted by Gasteiger charge is 2.19. The maximum absolute atomic E-state index is 13.3. The van der Waals surface area contributed by atoms with Crippen LogP contribution in [0, 0.1) is 5.82 Å². The van der Waals surface area contributed by atoms with Crippen LogP contribution in [0.15, 0.2) is 18.2 Å². The fourth-order valence-electron chi connectivity index (χ4n) is 1.70. The molecule has 0 heterocycles. The van der Waals surface area contributed by atoms with Gasteiger partial charge in [0.15, 0.2) is 0 Å². The van der Waals surface area contributed by atoms with Crippen molar-refractivity contribution in [1.82, 2.24) is 4.90 Å². The number of hydrogen-bond donors (Lipinski definition) is 1. The second-order valence-corrected chi connectivity index (χ2v) is 4.08. The molecule has 0 saturated carbocycles. The van der Waals surface area contributed by atoms with Gasteiger partial charge in [-0.05, 0) is 38.5 Å². The van der Waals surface area contributed by atoms with Crippen molar-refractivity contribution in [2.75, 3.05) is 12.3 Å². The van der Waals surface area contributed by atoms with Gasteiger partial charge in [0.25, 0.3) is 5.91 Å². The van der Waals surface area contributed by atoms with Crippen molar-refractivity contribution < 1.29 is 9.18 Å². The highest BCUT2D eigenvalue weighted by atomic mass is 19.1. The van der Waals surface area contributed by atoms with Crippen molar-refractivity contribution in [3.63, 3.8) is 0 Å². The SMILES string of the molecule is CCC(C)N(CC)C(=O)c1ccc(N)c(F)c1. The standard InChI is InChI=1S/C13H19FN2O/c1-4-9(3)16(5-2)13(17)10-6-7-12(15)11(14)8-10/h6-9H,4-5,15H2,1-3H3. The Morgan fingerprint density at radius 2 is 2.12 bits per heavy atom. The van der Waals surface area contributed by atoms with Crippen molar-refractivity contribution in [2.24, 2.45) is 0 Å². The molecule has 0 aliphatic rings. The van der Waals surface area contributed by atoms with Gasteiger partial charge in [-0.15, -0.1) is 0 Å². The zero-order valence-corrected chi connectivity index (χ0v) is 10.5. The van der Waals surface area contributed by atoms with E-state index in [2.05, 4.69) is 0 Å². The third kappa shape index (κ3) is 2.96. The van der Waals surface area contributed by atoms with Gasteiger partial charge in [0.2, 0.25) is 0 Å². The van der Waals surface area contributed by atoms with Gasteiger partial charge in [-0.25, -0.2) is 4.39 Å². The topological polar surface area (TPSA) is 46.3 Å². The van der Waals surface area contributed by atoms with Crippen LogP contribution in [-0.2, 0) is 0 Å². The van der Waals surface area contributed by atoms with Crippen molar-refractivity contribution in [3.05, 3.63) is 29.6 Å². The minimum atomic E-state index is -0.545. The lowest BCUT2D eigenvalue weighted by molar-refractivity contribution is 0.0699. The Hall–Kier alpha value is -1.58. The molecule has 0 aliphatic carbocycles. The lowest BCUT2D eigenvalue weighted by atomic mass is 10.1. The number of amides is 1. The van der Waals surface area contributed by atoms with E-state index in [0.29, 0.717) is 12.1 Å². The van der Waals surface area contributed by atoms with Crippen molar-refractivity contribution in [3.8, 4) is 0 Å². The van der Waals surface area contributed by atoms with Crippen molar-refractivity contribution >= 4 is 11.6 Å². The smallest absolute Gasteiger partial charge is 0.254 e. The summed E-state index contributed by atoms with van der Waals surface area (Å²) in [5, 5.41) is 0. The normalized spacial score (nSPS) is 12.2. The van der Waals surface area contributed by atoms with Crippen molar-refractivity contribution in [2.45, 2.75) is 33.2 Å². The highest BCUT2D eigenvalue weighted by Crippen LogP contribution is 2.15. The molecule has 1 aromatic carbocycles. The first-order valence-electron chi connectivity index (χ1n) is 5.87. The molecule has 0 aromatic heterocycles. The molecular weight excluding hydrogens is 219 g/mol. The van der Waals surface area contributed by atoms with Gasteiger partial charge in [0.05, 0.1) is 5.69 Å². The molecule has 4 heteroatoms. The average molecular weight is 238 g/mol. The number of nitrogens with zero attached hydrogens (tertiary/aromatic N) is 1. The molecule has 1 aromatic rings. The Kier molecular flexibility index (Phi) is 4.49. The minimum absolute atomic E-state index is 0.0631. The molecule has 3 nitrogen and oxygen atoms in total. The van der Waals surface area contributed by atoms with Crippen LogP contribution in [0.25, 0.3) is 0 Å². The molecule has 1 amide bonds. The number of nitrogen functional groups attached to an aromatic ring is 1. The number of anilines is 1. The zero-order chi connectivity index (χ0) is 13.0. The van der Waals surface area contributed by atoms with Gasteiger partial charge >= 0.3 is 0 Å². The lowest BCUT2D eigenvalue weighted by Crippen LogP contribution is -2.38. The first-order valence-corrected chi connectivity index (χ1v) is 5.87. The maximum Gasteiger partial charge on any atom is 0.254 e. The van der Waals surface area contributed by atoms with E-state index < -0.39 is 5.82 Å². The second kappa shape index (κ2) is 5.66. The highest BCUT2D eigenvalue weighted by molar-refractivity contribution is 5.94. The Labute approximate surface area is 101 Å². The van der Waals surface area contributed by atoms with Crippen LogP contribution in [0.4, 0.5) is 10.1 Å². The van der Waals surface area contributed by atoms with E-state index in [9.17, 15) is 9.18 Å². The minimum Gasteiger partial charge on any atom is -0.396 e. The van der Waals surface area contributed by atoms with Crippen LogP contribution >= 0.6 is 0 Å². The van der Waals surface area contributed by atoms with E-state index >= 15 is 0 Å². The van der Waals surface area contributed by atoms with Gasteiger partial charge in [-0.3, -0.25) is 4.79 Å². The van der Waals surface area contributed by atoms with Crippen LogP contribution in [-0.4, -0.2) is 23.4 Å². The summed E-state index contributed by atoms with van der Waals surface area (Å²) in [4.78, 5) is 13.9. The van der Waals surface area contributed by atoms with Crippen LogP contribution in [0.3, 0.4) is 0 Å². The first kappa shape index (κ1) is 13.5. The molecule has 2 N–H and O–H groups in total. The number of carbonyl (C=O) groups excluding carboxylic acids is 1. The fourth-order valence-corrected chi connectivity index (χ4v) is 1.70. The Morgan fingerprint density at radius 3 is 2.59 bits per heavy atom. The number of hydrogen-bond acceptors (Lipinski definition) is 2. The van der Waals surface area contributed by atoms with Crippen LogP contribution in [0.5, 0.6) is 0 Å². The third-order valence-electron chi connectivity index (χ3n) is 2.97. The molecular formula is C13H19FN2O. The lowest BCUT2D eigenvalue weighted by Gasteiger charge is -2.27. The Morgan fingerprint density at radius 1 is 1.47 bits per heavy atom. The molecule has 1 atom stereocenters. The Bertz CT molecular complexity index is 406. The first-order chi connectivity index (χ1) is 8.01. The molecule has 0 spiro atoms. The number of benzene rings is 1. The molecule has 0 aliphatic heterocycles. The fraction of sp³-hybridized carbons (Fsp3) is 0.462. The largest absolute Gasteiger partial charge is 0.396 e. The molecule has 94 valence electrons. The van der Waals surface area contributed by atoms with E-state index in [4.69, 9.17) is 5.73 Å².